The van der Waals surface area contributed by atoms with Crippen LogP contribution >= 0.6 is 0 Å². The summed E-state index contributed by atoms with van der Waals surface area (Å²) in [6, 6.07) is 10.9. The molecule has 2 aliphatic heterocycles. The second kappa shape index (κ2) is 8.02. The molecule has 1 fully saturated rings. The number of hydrogen-bond acceptors (Lipinski definition) is 3. The predicted molar refractivity (Wildman–Crippen MR) is 122 cm³/mol. The van der Waals surface area contributed by atoms with Gasteiger partial charge >= 0.3 is 0 Å². The summed E-state index contributed by atoms with van der Waals surface area (Å²) in [7, 11) is 0. The Morgan fingerprint density at radius 2 is 1.72 bits per heavy atom. The highest BCUT2D eigenvalue weighted by atomic mass is 16.5. The van der Waals surface area contributed by atoms with Gasteiger partial charge in [-0.2, -0.15) is 0 Å². The Bertz CT molecular complexity index is 829. The Balaban J connectivity index is 1.33. The minimum absolute atomic E-state index is 0.144. The molecule has 29 heavy (non-hydrogen) atoms. The highest BCUT2D eigenvalue weighted by molar-refractivity contribution is 5.66. The third-order valence-electron chi connectivity index (χ3n) is 7.29. The fourth-order valence-corrected chi connectivity index (χ4v) is 5.23. The second-order valence-electron chi connectivity index (χ2n) is 9.57. The number of piperidine rings is 1. The average Bonchev–Trinajstić information content (AvgIpc) is 3.08. The van der Waals surface area contributed by atoms with E-state index in [-0.39, 0.29) is 5.60 Å². The van der Waals surface area contributed by atoms with E-state index in [2.05, 4.69) is 62.9 Å². The zero-order chi connectivity index (χ0) is 20.6. The maximum absolute atomic E-state index is 6.58. The van der Waals surface area contributed by atoms with Crippen molar-refractivity contribution in [1.82, 2.24) is 4.90 Å². The molecule has 2 heterocycles. The third-order valence-corrected chi connectivity index (χ3v) is 7.29. The lowest BCUT2D eigenvalue weighted by atomic mass is 9.89. The van der Waals surface area contributed by atoms with Crippen molar-refractivity contribution in [3.63, 3.8) is 0 Å². The quantitative estimate of drug-likeness (QED) is 0.708. The first-order chi connectivity index (χ1) is 13.9. The van der Waals surface area contributed by atoms with Crippen LogP contribution in [0.4, 0.5) is 5.69 Å². The summed E-state index contributed by atoms with van der Waals surface area (Å²) in [6.45, 7) is 12.1. The Morgan fingerprint density at radius 3 is 2.41 bits per heavy atom. The number of nitrogens with two attached hydrogens (primary N) is 1. The van der Waals surface area contributed by atoms with Crippen LogP contribution in [0.1, 0.15) is 54.0 Å². The number of aryl methyl sites for hydroxylation is 1. The van der Waals surface area contributed by atoms with Crippen molar-refractivity contribution in [1.29, 1.82) is 0 Å². The van der Waals surface area contributed by atoms with Gasteiger partial charge in [0.2, 0.25) is 0 Å². The van der Waals surface area contributed by atoms with Crippen LogP contribution in [0.25, 0.3) is 0 Å². The van der Waals surface area contributed by atoms with E-state index in [1.54, 1.807) is 0 Å². The molecule has 1 atom stereocenters. The second-order valence-corrected chi connectivity index (χ2v) is 9.57. The normalized spacial score (nSPS) is 22.5. The first-order valence-electron chi connectivity index (χ1n) is 11.2. The number of nitrogens with zero attached hydrogens (tertiary/aromatic N) is 1. The molecule has 2 aromatic rings. The van der Waals surface area contributed by atoms with Crippen LogP contribution in [-0.4, -0.2) is 30.1 Å². The van der Waals surface area contributed by atoms with E-state index in [9.17, 15) is 0 Å². The zero-order valence-electron chi connectivity index (χ0n) is 18.6. The van der Waals surface area contributed by atoms with E-state index < -0.39 is 0 Å². The smallest absolute Gasteiger partial charge is 0.127 e. The largest absolute Gasteiger partial charge is 0.485 e. The number of anilines is 1. The van der Waals surface area contributed by atoms with Crippen molar-refractivity contribution in [2.75, 3.05) is 25.4 Å². The molecular formula is C26H36N2O. The Hall–Kier alpha value is -2.00. The van der Waals surface area contributed by atoms with E-state index in [0.717, 1.165) is 30.3 Å². The number of fused-ring (bicyclic) bond motifs is 1. The third kappa shape index (κ3) is 4.16. The van der Waals surface area contributed by atoms with Gasteiger partial charge in [-0.1, -0.05) is 30.3 Å². The molecule has 2 aliphatic rings. The van der Waals surface area contributed by atoms with E-state index >= 15 is 0 Å². The zero-order valence-corrected chi connectivity index (χ0v) is 18.6. The topological polar surface area (TPSA) is 38.5 Å². The Labute approximate surface area is 176 Å². The van der Waals surface area contributed by atoms with Crippen LogP contribution in [0, 0.1) is 26.7 Å². The maximum Gasteiger partial charge on any atom is 0.127 e. The van der Waals surface area contributed by atoms with E-state index in [1.807, 2.05) is 0 Å². The lowest BCUT2D eigenvalue weighted by molar-refractivity contribution is 0.0467. The molecule has 0 aromatic heterocycles. The fraction of sp³-hybridized carbons (Fsp3) is 0.538. The van der Waals surface area contributed by atoms with Gasteiger partial charge in [0.1, 0.15) is 11.4 Å². The van der Waals surface area contributed by atoms with Gasteiger partial charge in [-0.3, -0.25) is 4.90 Å². The summed E-state index contributed by atoms with van der Waals surface area (Å²) >= 11 is 0. The lowest BCUT2D eigenvalue weighted by Crippen LogP contribution is -2.47. The van der Waals surface area contributed by atoms with Gasteiger partial charge < -0.3 is 10.5 Å². The minimum atomic E-state index is -0.144. The molecule has 3 heteroatoms. The molecule has 0 radical (unpaired) electrons. The highest BCUT2D eigenvalue weighted by Crippen LogP contribution is 2.44. The van der Waals surface area contributed by atoms with Gasteiger partial charge in [-0.25, -0.2) is 0 Å². The summed E-state index contributed by atoms with van der Waals surface area (Å²) in [5, 5.41) is 0. The van der Waals surface area contributed by atoms with Gasteiger partial charge in [-0.15, -0.1) is 0 Å². The molecule has 4 rings (SSSR count). The predicted octanol–water partition coefficient (Wildman–Crippen LogP) is 5.23. The summed E-state index contributed by atoms with van der Waals surface area (Å²) < 4.78 is 6.58. The molecule has 0 saturated carbocycles. The number of ether oxygens (including phenoxy) is 1. The summed E-state index contributed by atoms with van der Waals surface area (Å²) in [5.74, 6) is 1.95. The highest BCUT2D eigenvalue weighted by Gasteiger charge is 2.39. The van der Waals surface area contributed by atoms with Crippen molar-refractivity contribution in [3.8, 4) is 5.75 Å². The first-order valence-corrected chi connectivity index (χ1v) is 11.2. The van der Waals surface area contributed by atoms with Crippen LogP contribution in [0.2, 0.25) is 0 Å². The van der Waals surface area contributed by atoms with Gasteiger partial charge in [0.25, 0.3) is 0 Å². The summed E-state index contributed by atoms with van der Waals surface area (Å²) in [5.41, 5.74) is 13.5. The van der Waals surface area contributed by atoms with Crippen LogP contribution in [-0.2, 0) is 12.8 Å². The van der Waals surface area contributed by atoms with Crippen molar-refractivity contribution in [2.24, 2.45) is 5.92 Å². The van der Waals surface area contributed by atoms with Crippen LogP contribution in [0.5, 0.6) is 5.75 Å². The maximum atomic E-state index is 6.58. The minimum Gasteiger partial charge on any atom is -0.485 e. The van der Waals surface area contributed by atoms with Crippen molar-refractivity contribution < 1.29 is 4.74 Å². The average molecular weight is 393 g/mol. The lowest BCUT2D eigenvalue weighted by Gasteiger charge is -2.37. The van der Waals surface area contributed by atoms with Crippen molar-refractivity contribution in [3.05, 3.63) is 58.1 Å². The molecule has 2 N–H and O–H groups in total. The number of nitrogen functional groups attached to an aromatic ring is 1. The Kier molecular flexibility index (Phi) is 5.61. The van der Waals surface area contributed by atoms with Crippen LogP contribution in [0.3, 0.4) is 0 Å². The molecular weight excluding hydrogens is 356 g/mol. The van der Waals surface area contributed by atoms with E-state index in [1.165, 1.54) is 66.6 Å². The van der Waals surface area contributed by atoms with Gasteiger partial charge in [-0.05, 0) is 94.6 Å². The van der Waals surface area contributed by atoms with Gasteiger partial charge in [0.15, 0.2) is 0 Å². The monoisotopic (exact) mass is 392 g/mol. The van der Waals surface area contributed by atoms with Gasteiger partial charge in [0.05, 0.1) is 0 Å². The number of rotatable bonds is 5. The van der Waals surface area contributed by atoms with E-state index in [0.29, 0.717) is 0 Å². The SMILES string of the molecule is Cc1c(C)c2c(c(C)c1N)CC(C)(CN1CCC(CCc3ccccc3)CC1)O2. The molecule has 0 aliphatic carbocycles. The summed E-state index contributed by atoms with van der Waals surface area (Å²) in [4.78, 5) is 2.62. The number of benzene rings is 2. The molecule has 156 valence electrons. The van der Waals surface area contributed by atoms with E-state index in [4.69, 9.17) is 10.5 Å². The van der Waals surface area contributed by atoms with Crippen LogP contribution < -0.4 is 10.5 Å². The molecule has 1 saturated heterocycles. The number of hydrogen-bond donors (Lipinski definition) is 1. The van der Waals surface area contributed by atoms with Crippen molar-refractivity contribution in [2.45, 2.75) is 65.4 Å². The van der Waals surface area contributed by atoms with Crippen molar-refractivity contribution >= 4 is 5.69 Å². The molecule has 1 unspecified atom stereocenters. The summed E-state index contributed by atoms with van der Waals surface area (Å²) in [6.07, 6.45) is 6.10. The molecule has 2 aromatic carbocycles. The fourth-order valence-electron chi connectivity index (χ4n) is 5.23. The standard InChI is InChI=1S/C26H36N2O/c1-18-19(2)25-23(20(3)24(18)27)16-26(4,29-25)17-28-14-12-22(13-15-28)11-10-21-8-6-5-7-9-21/h5-9,22H,10-17,27H2,1-4H3. The molecule has 0 bridgehead atoms. The van der Waals surface area contributed by atoms with Gasteiger partial charge in [0, 0.05) is 24.2 Å². The molecule has 0 spiro atoms. The first kappa shape index (κ1) is 20.3. The van der Waals surface area contributed by atoms with Crippen LogP contribution in [0.15, 0.2) is 30.3 Å². The molecule has 0 amide bonds. The molecule has 3 nitrogen and oxygen atoms in total. The Morgan fingerprint density at radius 1 is 1.03 bits per heavy atom. The number of likely N-dealkylation sites (tertiary alicyclic amines) is 1.